The van der Waals surface area contributed by atoms with Gasteiger partial charge in [0.05, 0.1) is 5.69 Å². The molecule has 0 radical (unpaired) electrons. The molecule has 1 aromatic carbocycles. The van der Waals surface area contributed by atoms with Crippen molar-refractivity contribution < 1.29 is 22.4 Å². The van der Waals surface area contributed by atoms with Crippen molar-refractivity contribution in [2.45, 2.75) is 12.7 Å². The lowest BCUT2D eigenvalue weighted by Gasteiger charge is -2.07. The predicted octanol–water partition coefficient (Wildman–Crippen LogP) is 2.15. The largest absolute Gasteiger partial charge is 0.309 e. The van der Waals surface area contributed by atoms with Crippen LogP contribution < -0.4 is 4.90 Å². The number of alkyl halides is 3. The standard InChI is InChI=1S/C11H8F4N2O/c1-17-7-3-2-5(12)4-6(7)8(11(17)18)16-10(15)9(13)14/h2-4,9-10H,1H3. The lowest BCUT2D eigenvalue weighted by Crippen LogP contribution is -2.27. The van der Waals surface area contributed by atoms with Crippen LogP contribution >= 0.6 is 0 Å². The van der Waals surface area contributed by atoms with Crippen molar-refractivity contribution in [1.82, 2.24) is 0 Å². The Morgan fingerprint density at radius 3 is 2.56 bits per heavy atom. The van der Waals surface area contributed by atoms with E-state index in [9.17, 15) is 22.4 Å². The number of halogens is 4. The molecule has 2 rings (SSSR count). The maximum Gasteiger partial charge on any atom is 0.289 e. The zero-order valence-corrected chi connectivity index (χ0v) is 9.20. The van der Waals surface area contributed by atoms with Crippen LogP contribution in [-0.4, -0.2) is 31.4 Å². The molecule has 3 nitrogen and oxygen atoms in total. The second-order valence-electron chi connectivity index (χ2n) is 3.71. The molecule has 1 unspecified atom stereocenters. The quantitative estimate of drug-likeness (QED) is 0.592. The number of hydrogen-bond donors (Lipinski definition) is 0. The second kappa shape index (κ2) is 4.40. The van der Waals surface area contributed by atoms with E-state index in [2.05, 4.69) is 4.99 Å². The van der Waals surface area contributed by atoms with Crippen LogP contribution in [-0.2, 0) is 4.79 Å². The summed E-state index contributed by atoms with van der Waals surface area (Å²) >= 11 is 0. The molecule has 18 heavy (non-hydrogen) atoms. The van der Waals surface area contributed by atoms with Crippen LogP contribution in [0.4, 0.5) is 23.2 Å². The molecule has 7 heteroatoms. The van der Waals surface area contributed by atoms with Gasteiger partial charge in [0.15, 0.2) is 0 Å². The van der Waals surface area contributed by atoms with Crippen molar-refractivity contribution in [3.63, 3.8) is 0 Å². The Kier molecular flexibility index (Phi) is 3.06. The van der Waals surface area contributed by atoms with Gasteiger partial charge >= 0.3 is 0 Å². The number of anilines is 1. The number of carbonyl (C=O) groups excluding carboxylic acids is 1. The molecule has 0 N–H and O–H groups in total. The first-order valence-corrected chi connectivity index (χ1v) is 5.00. The molecule has 96 valence electrons. The monoisotopic (exact) mass is 260 g/mol. The molecule has 0 aromatic heterocycles. The Morgan fingerprint density at radius 2 is 1.94 bits per heavy atom. The minimum Gasteiger partial charge on any atom is -0.309 e. The molecule has 0 saturated carbocycles. The Hall–Kier alpha value is -1.92. The van der Waals surface area contributed by atoms with Crippen LogP contribution in [0.5, 0.6) is 0 Å². The van der Waals surface area contributed by atoms with Gasteiger partial charge in [-0.15, -0.1) is 0 Å². The van der Waals surface area contributed by atoms with E-state index in [1.54, 1.807) is 0 Å². The van der Waals surface area contributed by atoms with Gasteiger partial charge in [0.25, 0.3) is 18.6 Å². The van der Waals surface area contributed by atoms with E-state index in [-0.39, 0.29) is 5.56 Å². The summed E-state index contributed by atoms with van der Waals surface area (Å²) in [6.07, 6.45) is -6.13. The van der Waals surface area contributed by atoms with Crippen LogP contribution in [0.15, 0.2) is 23.2 Å². The second-order valence-corrected chi connectivity index (χ2v) is 3.71. The van der Waals surface area contributed by atoms with Crippen LogP contribution in [0.1, 0.15) is 5.56 Å². The van der Waals surface area contributed by atoms with Gasteiger partial charge in [0, 0.05) is 12.6 Å². The molecular formula is C11H8F4N2O. The Morgan fingerprint density at radius 1 is 1.28 bits per heavy atom. The molecule has 1 amide bonds. The highest BCUT2D eigenvalue weighted by atomic mass is 19.3. The lowest BCUT2D eigenvalue weighted by atomic mass is 10.1. The number of likely N-dealkylation sites (N-methyl/N-ethyl adjacent to an activating group) is 1. The van der Waals surface area contributed by atoms with Gasteiger partial charge in [-0.3, -0.25) is 4.79 Å². The molecule has 0 aliphatic carbocycles. The van der Waals surface area contributed by atoms with Crippen molar-refractivity contribution in [3.8, 4) is 0 Å². The number of nitrogens with zero attached hydrogens (tertiary/aromatic N) is 2. The van der Waals surface area contributed by atoms with Crippen molar-refractivity contribution in [2.24, 2.45) is 4.99 Å². The molecule has 1 aliphatic heterocycles. The van der Waals surface area contributed by atoms with E-state index in [0.29, 0.717) is 5.69 Å². The van der Waals surface area contributed by atoms with Crippen molar-refractivity contribution in [3.05, 3.63) is 29.6 Å². The molecule has 1 aliphatic rings. The van der Waals surface area contributed by atoms with E-state index < -0.39 is 30.2 Å². The van der Waals surface area contributed by atoms with Gasteiger partial charge < -0.3 is 4.90 Å². The highest BCUT2D eigenvalue weighted by molar-refractivity contribution is 6.54. The zero-order chi connectivity index (χ0) is 13.4. The van der Waals surface area contributed by atoms with Crippen molar-refractivity contribution >= 4 is 17.3 Å². The summed E-state index contributed by atoms with van der Waals surface area (Å²) in [7, 11) is 1.37. The molecule has 0 saturated heterocycles. The van der Waals surface area contributed by atoms with E-state index in [4.69, 9.17) is 0 Å². The third-order valence-corrected chi connectivity index (χ3v) is 2.54. The number of fused-ring (bicyclic) bond motifs is 1. The molecule has 1 heterocycles. The van der Waals surface area contributed by atoms with Gasteiger partial charge in [-0.1, -0.05) is 0 Å². The average molecular weight is 260 g/mol. The van der Waals surface area contributed by atoms with E-state index in [0.717, 1.165) is 17.0 Å². The van der Waals surface area contributed by atoms with Crippen molar-refractivity contribution in [1.29, 1.82) is 0 Å². The SMILES string of the molecule is CN1C(=O)C(=NC(F)C(F)F)c2cc(F)ccc21. The molecule has 0 fully saturated rings. The Balaban J connectivity index is 2.51. The first kappa shape index (κ1) is 12.5. The van der Waals surface area contributed by atoms with Crippen LogP contribution in [0.3, 0.4) is 0 Å². The summed E-state index contributed by atoms with van der Waals surface area (Å²) in [5.41, 5.74) is -0.160. The lowest BCUT2D eigenvalue weighted by molar-refractivity contribution is -0.112. The first-order valence-electron chi connectivity index (χ1n) is 5.00. The van der Waals surface area contributed by atoms with Gasteiger partial charge in [-0.25, -0.2) is 22.6 Å². The number of aliphatic imine (C=N–C) groups is 1. The summed E-state index contributed by atoms with van der Waals surface area (Å²) < 4.78 is 50.1. The van der Waals surface area contributed by atoms with Crippen LogP contribution in [0.25, 0.3) is 0 Å². The molecule has 1 atom stereocenters. The summed E-state index contributed by atoms with van der Waals surface area (Å²) in [4.78, 5) is 15.8. The fourth-order valence-electron chi connectivity index (χ4n) is 1.68. The summed E-state index contributed by atoms with van der Waals surface area (Å²) in [6.45, 7) is 0. The minimum absolute atomic E-state index is 0.0193. The number of benzene rings is 1. The number of amides is 1. The van der Waals surface area contributed by atoms with Gasteiger partial charge in [-0.2, -0.15) is 0 Å². The van der Waals surface area contributed by atoms with Gasteiger partial charge in [0.2, 0.25) is 0 Å². The third kappa shape index (κ3) is 1.96. The number of hydrogen-bond acceptors (Lipinski definition) is 2. The van der Waals surface area contributed by atoms with Gasteiger partial charge in [-0.05, 0) is 18.2 Å². The summed E-state index contributed by atoms with van der Waals surface area (Å²) in [5.74, 6) is -1.39. The average Bonchev–Trinajstić information content (AvgIpc) is 2.54. The van der Waals surface area contributed by atoms with Gasteiger partial charge in [0.1, 0.15) is 11.5 Å². The first-order chi connectivity index (χ1) is 8.41. The Bertz CT molecular complexity index is 530. The number of rotatable bonds is 2. The normalized spacial score (nSPS) is 18.7. The fraction of sp³-hybridized carbons (Fsp3) is 0.273. The maximum absolute atomic E-state index is 13.1. The smallest absolute Gasteiger partial charge is 0.289 e. The molecular weight excluding hydrogens is 252 g/mol. The third-order valence-electron chi connectivity index (χ3n) is 2.54. The molecule has 1 aromatic rings. The minimum atomic E-state index is -3.33. The van der Waals surface area contributed by atoms with Crippen molar-refractivity contribution in [2.75, 3.05) is 11.9 Å². The van der Waals surface area contributed by atoms with Crippen LogP contribution in [0.2, 0.25) is 0 Å². The summed E-state index contributed by atoms with van der Waals surface area (Å²) in [5, 5.41) is 0. The van der Waals surface area contributed by atoms with E-state index >= 15 is 0 Å². The summed E-state index contributed by atoms with van der Waals surface area (Å²) in [6, 6.07) is 3.39. The predicted molar refractivity (Wildman–Crippen MR) is 57.2 cm³/mol. The highest BCUT2D eigenvalue weighted by Gasteiger charge is 2.33. The van der Waals surface area contributed by atoms with E-state index in [1.807, 2.05) is 0 Å². The maximum atomic E-state index is 13.1. The molecule has 0 spiro atoms. The fourth-order valence-corrected chi connectivity index (χ4v) is 1.68. The van der Waals surface area contributed by atoms with E-state index in [1.165, 1.54) is 13.1 Å². The Labute approximate surface area is 99.7 Å². The zero-order valence-electron chi connectivity index (χ0n) is 9.20. The highest BCUT2D eigenvalue weighted by Crippen LogP contribution is 2.29. The number of carbonyl (C=O) groups is 1. The molecule has 0 bridgehead atoms. The van der Waals surface area contributed by atoms with Crippen LogP contribution in [0, 0.1) is 5.82 Å². The topological polar surface area (TPSA) is 32.7 Å².